The molecule has 4 amide bonds. The van der Waals surface area contributed by atoms with E-state index in [2.05, 4.69) is 41.3 Å². The fraction of sp³-hybridized carbons (Fsp3) is 0.560. The van der Waals surface area contributed by atoms with Crippen molar-refractivity contribution in [3.63, 3.8) is 0 Å². The molecule has 0 bridgehead atoms. The van der Waals surface area contributed by atoms with Gasteiger partial charge in [0, 0.05) is 13.1 Å². The molecular weight excluding hydrogens is 432 g/mol. The standard InChI is InChI=1S/C25H32N6O3/c1-16-12-24(2,3)15-25(13-16)22(33)31(23(34)29-25)14-19(32)28-20-21(30-10-6-7-11-30)27-18-9-5-4-8-17(18)26-20/h4-5,8-9,16H,6-7,10-15H2,1-3H3,(H,29,34)(H,26,28,32). The number of carbonyl (C=O) groups excluding carboxylic acids is 3. The topological polar surface area (TPSA) is 108 Å². The minimum Gasteiger partial charge on any atom is -0.354 e. The number of amides is 4. The van der Waals surface area contributed by atoms with E-state index >= 15 is 0 Å². The van der Waals surface area contributed by atoms with Gasteiger partial charge in [0.05, 0.1) is 11.0 Å². The number of benzene rings is 1. The third-order valence-electron chi connectivity index (χ3n) is 7.14. The van der Waals surface area contributed by atoms with Crippen molar-refractivity contribution in [3.05, 3.63) is 24.3 Å². The predicted molar refractivity (Wildman–Crippen MR) is 129 cm³/mol. The number of rotatable bonds is 4. The molecule has 2 atom stereocenters. The maximum atomic E-state index is 13.4. The second kappa shape index (κ2) is 8.21. The number of imide groups is 1. The molecule has 2 unspecified atom stereocenters. The molecule has 3 fully saturated rings. The van der Waals surface area contributed by atoms with Crippen molar-refractivity contribution in [2.45, 2.75) is 58.4 Å². The van der Waals surface area contributed by atoms with Crippen LogP contribution in [0.1, 0.15) is 52.9 Å². The third-order valence-corrected chi connectivity index (χ3v) is 7.14. The Kier molecular flexibility index (Phi) is 5.45. The molecule has 1 saturated carbocycles. The first-order chi connectivity index (χ1) is 16.2. The molecule has 2 aliphatic heterocycles. The average molecular weight is 465 g/mol. The van der Waals surface area contributed by atoms with Crippen LogP contribution in [0.4, 0.5) is 16.4 Å². The van der Waals surface area contributed by atoms with E-state index in [1.54, 1.807) is 0 Å². The van der Waals surface area contributed by atoms with Gasteiger partial charge in [-0.05, 0) is 55.6 Å². The fourth-order valence-electron chi connectivity index (χ4n) is 6.19. The number of carbonyl (C=O) groups is 3. The van der Waals surface area contributed by atoms with Crippen molar-refractivity contribution in [1.82, 2.24) is 20.2 Å². The van der Waals surface area contributed by atoms with Gasteiger partial charge in [-0.25, -0.2) is 14.8 Å². The number of fused-ring (bicyclic) bond motifs is 1. The van der Waals surface area contributed by atoms with Gasteiger partial charge in [0.15, 0.2) is 11.6 Å². The molecule has 1 aliphatic carbocycles. The molecule has 3 aliphatic rings. The van der Waals surface area contributed by atoms with Gasteiger partial charge in [0.25, 0.3) is 5.91 Å². The quantitative estimate of drug-likeness (QED) is 0.673. The zero-order valence-electron chi connectivity index (χ0n) is 20.1. The first-order valence-electron chi connectivity index (χ1n) is 12.1. The number of anilines is 2. The highest BCUT2D eigenvalue weighted by molar-refractivity contribution is 6.10. The van der Waals surface area contributed by atoms with E-state index in [1.165, 1.54) is 0 Å². The van der Waals surface area contributed by atoms with Gasteiger partial charge in [0.2, 0.25) is 5.91 Å². The van der Waals surface area contributed by atoms with Crippen molar-refractivity contribution in [1.29, 1.82) is 0 Å². The summed E-state index contributed by atoms with van der Waals surface area (Å²) < 4.78 is 0. The zero-order chi connectivity index (χ0) is 24.1. The Morgan fingerprint density at radius 3 is 2.47 bits per heavy atom. The number of nitrogens with zero attached hydrogens (tertiary/aromatic N) is 4. The van der Waals surface area contributed by atoms with Crippen LogP contribution in [-0.2, 0) is 9.59 Å². The second-order valence-corrected chi connectivity index (χ2v) is 10.9. The Morgan fingerprint density at radius 1 is 1.12 bits per heavy atom. The first-order valence-corrected chi connectivity index (χ1v) is 12.1. The van der Waals surface area contributed by atoms with E-state index in [1.807, 2.05) is 24.3 Å². The lowest BCUT2D eigenvalue weighted by atomic mass is 9.64. The summed E-state index contributed by atoms with van der Waals surface area (Å²) in [5.41, 5.74) is 0.437. The monoisotopic (exact) mass is 464 g/mol. The Balaban J connectivity index is 1.37. The summed E-state index contributed by atoms with van der Waals surface area (Å²) in [4.78, 5) is 51.8. The zero-order valence-corrected chi connectivity index (χ0v) is 20.1. The number of hydrogen-bond donors (Lipinski definition) is 2. The van der Waals surface area contributed by atoms with Crippen molar-refractivity contribution in [2.75, 3.05) is 29.9 Å². The second-order valence-electron chi connectivity index (χ2n) is 10.9. The van der Waals surface area contributed by atoms with Gasteiger partial charge >= 0.3 is 6.03 Å². The summed E-state index contributed by atoms with van der Waals surface area (Å²) in [7, 11) is 0. The lowest BCUT2D eigenvalue weighted by molar-refractivity contribution is -0.136. The molecule has 1 aromatic heterocycles. The molecule has 9 heteroatoms. The molecule has 9 nitrogen and oxygen atoms in total. The van der Waals surface area contributed by atoms with Crippen LogP contribution in [-0.4, -0.2) is 57.9 Å². The maximum Gasteiger partial charge on any atom is 0.325 e. The van der Waals surface area contributed by atoms with E-state index in [0.717, 1.165) is 42.8 Å². The van der Waals surface area contributed by atoms with E-state index in [4.69, 9.17) is 4.98 Å². The number of hydrogen-bond acceptors (Lipinski definition) is 6. The lowest BCUT2D eigenvalue weighted by Gasteiger charge is -2.43. The van der Waals surface area contributed by atoms with Crippen LogP contribution in [0.25, 0.3) is 11.0 Å². The van der Waals surface area contributed by atoms with Crippen molar-refractivity contribution >= 4 is 40.5 Å². The van der Waals surface area contributed by atoms with Crippen LogP contribution in [0.15, 0.2) is 24.3 Å². The van der Waals surface area contributed by atoms with Crippen LogP contribution in [0.2, 0.25) is 0 Å². The van der Waals surface area contributed by atoms with E-state index < -0.39 is 17.5 Å². The smallest absolute Gasteiger partial charge is 0.325 e. The molecule has 1 aromatic carbocycles. The molecule has 180 valence electrons. The molecular formula is C25H32N6O3. The Bertz CT molecular complexity index is 1160. The van der Waals surface area contributed by atoms with E-state index in [-0.39, 0.29) is 17.9 Å². The fourth-order valence-corrected chi connectivity index (χ4v) is 6.19. The van der Waals surface area contributed by atoms with Gasteiger partial charge in [-0.2, -0.15) is 0 Å². The maximum absolute atomic E-state index is 13.4. The van der Waals surface area contributed by atoms with E-state index in [9.17, 15) is 14.4 Å². The molecule has 5 rings (SSSR count). The average Bonchev–Trinajstić information content (AvgIpc) is 3.35. The van der Waals surface area contributed by atoms with Crippen LogP contribution in [0.5, 0.6) is 0 Å². The molecule has 1 spiro atoms. The highest BCUT2D eigenvalue weighted by Gasteiger charge is 2.56. The molecule has 0 radical (unpaired) electrons. The van der Waals surface area contributed by atoms with Gasteiger partial charge in [-0.1, -0.05) is 32.9 Å². The summed E-state index contributed by atoms with van der Waals surface area (Å²) in [6.45, 7) is 7.69. The summed E-state index contributed by atoms with van der Waals surface area (Å²) in [5, 5.41) is 5.76. The Hall–Kier alpha value is -3.23. The first kappa shape index (κ1) is 22.6. The minimum atomic E-state index is -0.929. The molecule has 34 heavy (non-hydrogen) atoms. The summed E-state index contributed by atoms with van der Waals surface area (Å²) >= 11 is 0. The normalized spacial score (nSPS) is 26.4. The van der Waals surface area contributed by atoms with Crippen molar-refractivity contribution in [3.8, 4) is 0 Å². The summed E-state index contributed by atoms with van der Waals surface area (Å²) in [6, 6.07) is 7.02. The largest absolute Gasteiger partial charge is 0.354 e. The van der Waals surface area contributed by atoms with Gasteiger partial charge in [0.1, 0.15) is 12.1 Å². The minimum absolute atomic E-state index is 0.0653. The Labute approximate surface area is 199 Å². The number of urea groups is 1. The van der Waals surface area contributed by atoms with Crippen LogP contribution >= 0.6 is 0 Å². The molecule has 2 aromatic rings. The highest BCUT2D eigenvalue weighted by atomic mass is 16.2. The predicted octanol–water partition coefficient (Wildman–Crippen LogP) is 3.31. The summed E-state index contributed by atoms with van der Waals surface area (Å²) in [5.74, 6) is 0.517. The highest BCUT2D eigenvalue weighted by Crippen LogP contribution is 2.46. The number of nitrogens with one attached hydrogen (secondary N) is 2. The molecule has 2 N–H and O–H groups in total. The van der Waals surface area contributed by atoms with Gasteiger partial charge < -0.3 is 15.5 Å². The number of para-hydroxylation sites is 2. The molecule has 3 heterocycles. The summed E-state index contributed by atoms with van der Waals surface area (Å²) in [6.07, 6.45) is 4.28. The van der Waals surface area contributed by atoms with E-state index in [0.29, 0.717) is 35.9 Å². The molecule has 2 saturated heterocycles. The van der Waals surface area contributed by atoms with Crippen LogP contribution in [0.3, 0.4) is 0 Å². The van der Waals surface area contributed by atoms with Crippen molar-refractivity contribution < 1.29 is 14.4 Å². The van der Waals surface area contributed by atoms with Crippen molar-refractivity contribution in [2.24, 2.45) is 11.3 Å². The SMILES string of the molecule is CC1CC(C)(C)CC2(C1)NC(=O)N(CC(=O)Nc1nc3ccccc3nc1N1CCCC1)C2=O. The van der Waals surface area contributed by atoms with Gasteiger partial charge in [-0.3, -0.25) is 14.5 Å². The number of aromatic nitrogens is 2. The van der Waals surface area contributed by atoms with Crippen LogP contribution < -0.4 is 15.5 Å². The lowest BCUT2D eigenvalue weighted by Crippen LogP contribution is -2.54. The third kappa shape index (κ3) is 4.08. The Morgan fingerprint density at radius 2 is 1.79 bits per heavy atom. The van der Waals surface area contributed by atoms with Gasteiger partial charge in [-0.15, -0.1) is 0 Å². The van der Waals surface area contributed by atoms with Crippen LogP contribution in [0, 0.1) is 11.3 Å².